The number of hydrogen-bond acceptors (Lipinski definition) is 2. The van der Waals surface area contributed by atoms with Gasteiger partial charge >= 0.3 is 6.36 Å². The van der Waals surface area contributed by atoms with Gasteiger partial charge in [0.2, 0.25) is 0 Å². The minimum atomic E-state index is -4.99. The van der Waals surface area contributed by atoms with Crippen molar-refractivity contribution in [1.82, 2.24) is 0 Å². The number of aliphatic hydroxyl groups is 1. The smallest absolute Gasteiger partial charge is 0.403 e. The predicted octanol–water partition coefficient (Wildman–Crippen LogP) is 4.19. The largest absolute Gasteiger partial charge is 0.573 e. The summed E-state index contributed by atoms with van der Waals surface area (Å²) in [7, 11) is 0. The highest BCUT2D eigenvalue weighted by atomic mass is 79.9. The van der Waals surface area contributed by atoms with Crippen LogP contribution in [0.1, 0.15) is 12.5 Å². The second-order valence-corrected chi connectivity index (χ2v) is 5.84. The van der Waals surface area contributed by atoms with Gasteiger partial charge in [0.05, 0.1) is 6.10 Å². The van der Waals surface area contributed by atoms with Crippen molar-refractivity contribution < 1.29 is 27.4 Å². The molecule has 0 fully saturated rings. The van der Waals surface area contributed by atoms with Gasteiger partial charge in [0, 0.05) is 0 Å². The van der Waals surface area contributed by atoms with Gasteiger partial charge in [0.15, 0.2) is 11.6 Å². The maximum atomic E-state index is 13.5. The fourth-order valence-electron chi connectivity index (χ4n) is 2.12. The zero-order chi connectivity index (χ0) is 15.8. The van der Waals surface area contributed by atoms with Crippen molar-refractivity contribution in [2.45, 2.75) is 23.7 Å². The summed E-state index contributed by atoms with van der Waals surface area (Å²) >= 11 is 3.34. The number of ether oxygens (including phenoxy) is 1. The number of allylic oxidation sites excluding steroid dienone is 2. The highest BCUT2D eigenvalue weighted by molar-refractivity contribution is 9.09. The maximum absolute atomic E-state index is 13.5. The minimum Gasteiger partial charge on any atom is -0.403 e. The molecule has 2 rings (SSSR count). The van der Waals surface area contributed by atoms with E-state index in [0.29, 0.717) is 5.57 Å². The van der Waals surface area contributed by atoms with Gasteiger partial charge in [-0.05, 0) is 30.2 Å². The highest BCUT2D eigenvalue weighted by Gasteiger charge is 2.40. The molecule has 114 valence electrons. The second kappa shape index (κ2) is 5.46. The van der Waals surface area contributed by atoms with E-state index < -0.39 is 28.4 Å². The Morgan fingerprint density at radius 3 is 2.57 bits per heavy atom. The van der Waals surface area contributed by atoms with E-state index in [1.54, 1.807) is 19.1 Å². The van der Waals surface area contributed by atoms with Crippen LogP contribution in [-0.4, -0.2) is 17.6 Å². The number of hydrogen-bond donors (Lipinski definition) is 1. The lowest BCUT2D eigenvalue weighted by atomic mass is 9.83. The molecular weight excluding hydrogens is 356 g/mol. The first kappa shape index (κ1) is 16.0. The lowest BCUT2D eigenvalue weighted by Gasteiger charge is -2.35. The van der Waals surface area contributed by atoms with Gasteiger partial charge in [-0.1, -0.05) is 40.2 Å². The summed E-state index contributed by atoms with van der Waals surface area (Å²) in [5.74, 6) is -2.07. The Morgan fingerprint density at radius 1 is 1.33 bits per heavy atom. The van der Waals surface area contributed by atoms with E-state index >= 15 is 0 Å². The summed E-state index contributed by atoms with van der Waals surface area (Å²) in [5.41, 5.74) is 0.927. The molecule has 0 spiro atoms. The average Bonchev–Trinajstić information content (AvgIpc) is 2.37. The van der Waals surface area contributed by atoms with Crippen molar-refractivity contribution in [2.75, 3.05) is 0 Å². The van der Waals surface area contributed by atoms with Crippen LogP contribution in [0.15, 0.2) is 42.0 Å². The molecule has 0 bridgehead atoms. The summed E-state index contributed by atoms with van der Waals surface area (Å²) < 4.78 is 52.8. The topological polar surface area (TPSA) is 29.5 Å². The Bertz CT molecular complexity index is 609. The lowest BCUT2D eigenvalue weighted by Crippen LogP contribution is -2.35. The van der Waals surface area contributed by atoms with Gasteiger partial charge in [0.25, 0.3) is 0 Å². The number of rotatable bonds is 2. The van der Waals surface area contributed by atoms with Crippen molar-refractivity contribution in [3.63, 3.8) is 0 Å². The first-order chi connectivity index (χ1) is 9.64. The molecule has 2 nitrogen and oxygen atoms in total. The molecule has 1 aromatic rings. The van der Waals surface area contributed by atoms with Crippen LogP contribution in [-0.2, 0) is 4.32 Å². The first-order valence-electron chi connectivity index (χ1n) is 5.93. The summed E-state index contributed by atoms with van der Waals surface area (Å²) in [6.07, 6.45) is -1.18. The summed E-state index contributed by atoms with van der Waals surface area (Å²) in [5, 5.41) is 10.1. The van der Waals surface area contributed by atoms with E-state index in [0.717, 1.165) is 12.1 Å². The third-order valence-electron chi connectivity index (χ3n) is 3.20. The van der Waals surface area contributed by atoms with Gasteiger partial charge in [-0.2, -0.15) is 0 Å². The molecule has 0 heterocycles. The van der Waals surface area contributed by atoms with Crippen molar-refractivity contribution in [3.8, 4) is 5.75 Å². The van der Waals surface area contributed by atoms with Crippen molar-refractivity contribution >= 4 is 15.9 Å². The van der Waals surface area contributed by atoms with E-state index in [-0.39, 0.29) is 5.56 Å². The molecular formula is C14H11BrF4O2. The quantitative estimate of drug-likeness (QED) is 0.628. The molecule has 0 radical (unpaired) electrons. The van der Waals surface area contributed by atoms with Crippen LogP contribution < -0.4 is 4.74 Å². The number of benzene rings is 1. The molecule has 1 aliphatic rings. The lowest BCUT2D eigenvalue weighted by molar-refractivity contribution is -0.275. The van der Waals surface area contributed by atoms with E-state index in [2.05, 4.69) is 20.7 Å². The van der Waals surface area contributed by atoms with Crippen LogP contribution >= 0.6 is 15.9 Å². The number of aliphatic hydroxyl groups excluding tert-OH is 1. The molecule has 7 heteroatoms. The van der Waals surface area contributed by atoms with Gasteiger partial charge in [-0.15, -0.1) is 13.2 Å². The molecule has 1 aromatic carbocycles. The van der Waals surface area contributed by atoms with Crippen LogP contribution in [0.25, 0.3) is 0 Å². The molecule has 1 aliphatic carbocycles. The zero-order valence-electron chi connectivity index (χ0n) is 10.8. The van der Waals surface area contributed by atoms with E-state index in [1.807, 2.05) is 0 Å². The van der Waals surface area contributed by atoms with Crippen LogP contribution in [0.2, 0.25) is 0 Å². The first-order valence-corrected chi connectivity index (χ1v) is 6.72. The molecule has 2 unspecified atom stereocenters. The van der Waals surface area contributed by atoms with Crippen molar-refractivity contribution in [2.24, 2.45) is 0 Å². The van der Waals surface area contributed by atoms with Crippen LogP contribution in [0, 0.1) is 5.82 Å². The maximum Gasteiger partial charge on any atom is 0.573 e. The number of alkyl halides is 4. The Hall–Kier alpha value is -1.34. The van der Waals surface area contributed by atoms with Crippen molar-refractivity contribution in [1.29, 1.82) is 0 Å². The SMILES string of the molecule is CC1=CC=CC(O)C1(Br)c1ccc(F)c(OC(F)(F)F)c1. The fourth-order valence-corrected chi connectivity index (χ4v) is 2.65. The molecule has 2 atom stereocenters. The third kappa shape index (κ3) is 3.13. The van der Waals surface area contributed by atoms with E-state index in [1.165, 1.54) is 12.1 Å². The van der Waals surface area contributed by atoms with Crippen LogP contribution in [0.3, 0.4) is 0 Å². The van der Waals surface area contributed by atoms with Gasteiger partial charge < -0.3 is 9.84 Å². The summed E-state index contributed by atoms with van der Waals surface area (Å²) in [6, 6.07) is 3.10. The minimum absolute atomic E-state index is 0.258. The molecule has 21 heavy (non-hydrogen) atoms. The Kier molecular flexibility index (Phi) is 4.17. The second-order valence-electron chi connectivity index (χ2n) is 4.58. The highest BCUT2D eigenvalue weighted by Crippen LogP contribution is 2.45. The monoisotopic (exact) mass is 366 g/mol. The molecule has 0 saturated carbocycles. The van der Waals surface area contributed by atoms with Crippen LogP contribution in [0.4, 0.5) is 17.6 Å². The van der Waals surface area contributed by atoms with Gasteiger partial charge in [-0.25, -0.2) is 4.39 Å². The summed E-state index contributed by atoms with van der Waals surface area (Å²) in [6.45, 7) is 1.70. The predicted molar refractivity (Wildman–Crippen MR) is 72.6 cm³/mol. The number of halogens is 5. The molecule has 0 saturated heterocycles. The third-order valence-corrected chi connectivity index (χ3v) is 4.75. The van der Waals surface area contributed by atoms with Gasteiger partial charge in [0.1, 0.15) is 4.32 Å². The summed E-state index contributed by atoms with van der Waals surface area (Å²) in [4.78, 5) is 0. The molecule has 0 amide bonds. The van der Waals surface area contributed by atoms with E-state index in [4.69, 9.17) is 0 Å². The fraction of sp³-hybridized carbons (Fsp3) is 0.286. The molecule has 0 aliphatic heterocycles. The Morgan fingerprint density at radius 2 is 2.00 bits per heavy atom. The van der Waals surface area contributed by atoms with E-state index in [9.17, 15) is 22.7 Å². The zero-order valence-corrected chi connectivity index (χ0v) is 12.4. The standard InChI is InChI=1S/C14H11BrF4O2/c1-8-3-2-4-12(20)13(8,15)9-5-6-10(16)11(7-9)21-14(17,18)19/h2-7,12,20H,1H3. The van der Waals surface area contributed by atoms with Gasteiger partial charge in [-0.3, -0.25) is 0 Å². The normalized spacial score (nSPS) is 25.7. The van der Waals surface area contributed by atoms with Crippen molar-refractivity contribution in [3.05, 3.63) is 53.4 Å². The molecule has 1 N–H and O–H groups in total. The average molecular weight is 367 g/mol. The van der Waals surface area contributed by atoms with Crippen LogP contribution in [0.5, 0.6) is 5.75 Å². The molecule has 0 aromatic heterocycles. The Balaban J connectivity index is 2.48. The Labute approximate surface area is 126 Å².